The molecule has 0 bridgehead atoms. The van der Waals surface area contributed by atoms with Gasteiger partial charge in [0.05, 0.1) is 10.6 Å². The molecule has 0 fully saturated rings. The number of anilines is 1. The molecule has 0 aliphatic rings. The predicted molar refractivity (Wildman–Crippen MR) is 79.8 cm³/mol. The Morgan fingerprint density at radius 3 is 2.10 bits per heavy atom. The van der Waals surface area contributed by atoms with Crippen LogP contribution in [-0.4, -0.2) is 32.2 Å². The van der Waals surface area contributed by atoms with Gasteiger partial charge in [-0.1, -0.05) is 0 Å². The lowest BCUT2D eigenvalue weighted by Gasteiger charge is -2.10. The van der Waals surface area contributed by atoms with Crippen LogP contribution in [0.3, 0.4) is 0 Å². The highest BCUT2D eigenvalue weighted by molar-refractivity contribution is 7.98. The van der Waals surface area contributed by atoms with Crippen molar-refractivity contribution in [1.82, 2.24) is 0 Å². The van der Waals surface area contributed by atoms with E-state index in [1.807, 2.05) is 0 Å². The van der Waals surface area contributed by atoms with Crippen LogP contribution in [0.2, 0.25) is 0 Å². The van der Waals surface area contributed by atoms with Gasteiger partial charge < -0.3 is 5.73 Å². The number of fused-ring (bicyclic) bond motifs is 1. The summed E-state index contributed by atoms with van der Waals surface area (Å²) in [5.74, 6) is 0. The Kier molecular flexibility index (Phi) is 3.93. The molecule has 0 spiro atoms. The van der Waals surface area contributed by atoms with Crippen LogP contribution in [-0.2, 0) is 20.2 Å². The summed E-state index contributed by atoms with van der Waals surface area (Å²) in [7, 11) is -8.98. The lowest BCUT2D eigenvalue weighted by molar-refractivity contribution is 0.481. The number of nitrogen functional groups attached to an aromatic ring is 1. The van der Waals surface area contributed by atoms with Crippen molar-refractivity contribution in [1.29, 1.82) is 0 Å². The Bertz CT molecular complexity index is 934. The van der Waals surface area contributed by atoms with Crippen molar-refractivity contribution >= 4 is 48.5 Å². The molecule has 2 aromatic carbocycles. The summed E-state index contributed by atoms with van der Waals surface area (Å²) in [6.07, 6.45) is 1.69. The first-order valence-corrected chi connectivity index (χ1v) is 9.51. The topological polar surface area (TPSA) is 135 Å². The summed E-state index contributed by atoms with van der Waals surface area (Å²) in [6.45, 7) is 0. The van der Waals surface area contributed by atoms with Crippen LogP contribution < -0.4 is 5.73 Å². The van der Waals surface area contributed by atoms with Gasteiger partial charge in [-0.25, -0.2) is 0 Å². The molecule has 2 rings (SSSR count). The van der Waals surface area contributed by atoms with E-state index in [-0.39, 0.29) is 16.0 Å². The van der Waals surface area contributed by atoms with E-state index in [9.17, 15) is 16.8 Å². The van der Waals surface area contributed by atoms with Gasteiger partial charge in [0.15, 0.2) is 0 Å². The van der Waals surface area contributed by atoms with E-state index in [2.05, 4.69) is 0 Å². The summed E-state index contributed by atoms with van der Waals surface area (Å²) >= 11 is 1.21. The molecule has 0 saturated heterocycles. The Balaban J connectivity index is 2.95. The molecule has 21 heavy (non-hydrogen) atoms. The maximum atomic E-state index is 11.2. The first-order valence-electron chi connectivity index (χ1n) is 5.40. The van der Waals surface area contributed by atoms with Crippen LogP contribution in [0.4, 0.5) is 5.69 Å². The van der Waals surface area contributed by atoms with E-state index in [1.165, 1.54) is 23.9 Å². The highest BCUT2D eigenvalue weighted by Gasteiger charge is 2.18. The molecule has 0 aliphatic carbocycles. The minimum absolute atomic E-state index is 0.153. The molecule has 0 atom stereocenters. The van der Waals surface area contributed by atoms with Gasteiger partial charge in [0.1, 0.15) is 4.90 Å². The average molecular weight is 349 g/mol. The third-order valence-corrected chi connectivity index (χ3v) is 5.33. The standard InChI is InChI=1S/C11H11NO6S3/c1-19-10-4-7(20(13,14)15)2-6-3-11(21(16,17)18)9(12)5-8(6)10/h2-5H,12H2,1H3,(H,13,14,15)(H,16,17,18). The van der Waals surface area contributed by atoms with Gasteiger partial charge in [-0.3, -0.25) is 9.11 Å². The molecule has 0 heterocycles. The highest BCUT2D eigenvalue weighted by Crippen LogP contribution is 2.34. The monoisotopic (exact) mass is 349 g/mol. The summed E-state index contributed by atoms with van der Waals surface area (Å²) in [4.78, 5) is -0.395. The summed E-state index contributed by atoms with van der Waals surface area (Å²) < 4.78 is 63.2. The van der Waals surface area contributed by atoms with E-state index >= 15 is 0 Å². The van der Waals surface area contributed by atoms with Crippen LogP contribution in [0.15, 0.2) is 39.0 Å². The van der Waals surface area contributed by atoms with E-state index < -0.39 is 25.1 Å². The highest BCUT2D eigenvalue weighted by atomic mass is 32.2. The molecule has 0 unspecified atom stereocenters. The number of nitrogens with two attached hydrogens (primary N) is 1. The van der Waals surface area contributed by atoms with Crippen LogP contribution in [0.1, 0.15) is 0 Å². The Morgan fingerprint density at radius 1 is 1.00 bits per heavy atom. The predicted octanol–water partition coefficient (Wildman–Crippen LogP) is 1.64. The SMILES string of the molecule is CSc1cc(S(=O)(=O)O)cc2cc(S(=O)(=O)O)c(N)cc12. The van der Waals surface area contributed by atoms with E-state index in [0.29, 0.717) is 10.3 Å². The van der Waals surface area contributed by atoms with Gasteiger partial charge in [-0.05, 0) is 41.3 Å². The molecule has 114 valence electrons. The van der Waals surface area contributed by atoms with Crippen molar-refractivity contribution in [2.45, 2.75) is 14.7 Å². The Hall–Kier alpha value is -1.33. The zero-order valence-electron chi connectivity index (χ0n) is 10.6. The molecule has 0 aliphatic heterocycles. The second-order valence-corrected chi connectivity index (χ2v) is 7.85. The molecule has 0 saturated carbocycles. The van der Waals surface area contributed by atoms with Gasteiger partial charge >= 0.3 is 0 Å². The van der Waals surface area contributed by atoms with Crippen molar-refractivity contribution in [3.05, 3.63) is 24.3 Å². The Morgan fingerprint density at radius 2 is 1.62 bits per heavy atom. The maximum absolute atomic E-state index is 11.2. The fourth-order valence-corrected chi connectivity index (χ4v) is 3.78. The molecular weight excluding hydrogens is 338 g/mol. The number of hydrogen-bond donors (Lipinski definition) is 3. The molecular formula is C11H11NO6S3. The minimum Gasteiger partial charge on any atom is -0.398 e. The van der Waals surface area contributed by atoms with Crippen LogP contribution >= 0.6 is 11.8 Å². The molecule has 10 heteroatoms. The molecule has 4 N–H and O–H groups in total. The number of benzene rings is 2. The maximum Gasteiger partial charge on any atom is 0.296 e. The van der Waals surface area contributed by atoms with Gasteiger partial charge in [-0.2, -0.15) is 16.8 Å². The van der Waals surface area contributed by atoms with Gasteiger partial charge in [0, 0.05) is 4.90 Å². The average Bonchev–Trinajstić information content (AvgIpc) is 2.34. The minimum atomic E-state index is -4.54. The first-order chi connectivity index (χ1) is 9.54. The number of thioether (sulfide) groups is 1. The summed E-state index contributed by atoms with van der Waals surface area (Å²) in [5, 5.41) is 0.733. The molecule has 0 amide bonds. The second kappa shape index (κ2) is 5.14. The quantitative estimate of drug-likeness (QED) is 0.432. The number of rotatable bonds is 3. The fraction of sp³-hybridized carbons (Fsp3) is 0.0909. The van der Waals surface area contributed by atoms with Gasteiger partial charge in [0.25, 0.3) is 20.2 Å². The van der Waals surface area contributed by atoms with Gasteiger partial charge in [-0.15, -0.1) is 11.8 Å². The van der Waals surface area contributed by atoms with Crippen LogP contribution in [0.5, 0.6) is 0 Å². The smallest absolute Gasteiger partial charge is 0.296 e. The van der Waals surface area contributed by atoms with E-state index in [4.69, 9.17) is 14.8 Å². The van der Waals surface area contributed by atoms with Crippen LogP contribution in [0, 0.1) is 0 Å². The molecule has 0 radical (unpaired) electrons. The third-order valence-electron chi connectivity index (χ3n) is 2.81. The zero-order chi connectivity index (χ0) is 16.0. The van der Waals surface area contributed by atoms with Crippen molar-refractivity contribution < 1.29 is 25.9 Å². The molecule has 7 nitrogen and oxygen atoms in total. The fourth-order valence-electron chi connectivity index (χ4n) is 1.89. The zero-order valence-corrected chi connectivity index (χ0v) is 13.1. The van der Waals surface area contributed by atoms with Crippen molar-refractivity contribution in [2.24, 2.45) is 0 Å². The number of hydrogen-bond acceptors (Lipinski definition) is 6. The first kappa shape index (κ1) is 16.0. The van der Waals surface area contributed by atoms with Crippen molar-refractivity contribution in [3.63, 3.8) is 0 Å². The molecule has 0 aromatic heterocycles. The van der Waals surface area contributed by atoms with E-state index in [0.717, 1.165) is 12.1 Å². The third kappa shape index (κ3) is 3.14. The lowest BCUT2D eigenvalue weighted by atomic mass is 10.1. The van der Waals surface area contributed by atoms with Crippen molar-refractivity contribution in [2.75, 3.05) is 12.0 Å². The van der Waals surface area contributed by atoms with E-state index in [1.54, 1.807) is 6.26 Å². The second-order valence-electron chi connectivity index (χ2n) is 4.19. The summed E-state index contributed by atoms with van der Waals surface area (Å²) in [5.41, 5.74) is 5.45. The Labute approximate surface area is 125 Å². The lowest BCUT2D eigenvalue weighted by Crippen LogP contribution is -2.04. The summed E-state index contributed by atoms with van der Waals surface area (Å²) in [6, 6.07) is 4.76. The van der Waals surface area contributed by atoms with Crippen molar-refractivity contribution in [3.8, 4) is 0 Å². The normalized spacial score (nSPS) is 12.7. The van der Waals surface area contributed by atoms with Crippen LogP contribution in [0.25, 0.3) is 10.8 Å². The van der Waals surface area contributed by atoms with Gasteiger partial charge in [0.2, 0.25) is 0 Å². The molecule has 2 aromatic rings. The largest absolute Gasteiger partial charge is 0.398 e.